The quantitative estimate of drug-likeness (QED) is 0.104. The Morgan fingerprint density at radius 3 is 1.85 bits per heavy atom. The Labute approximate surface area is 501 Å². The fourth-order valence-corrected chi connectivity index (χ4v) is 11.7. The average molecular weight is 1190 g/mol. The lowest BCUT2D eigenvalue weighted by molar-refractivity contribution is -0.133. The number of hydrogen-bond acceptors (Lipinski definition) is 14. The zero-order valence-electron chi connectivity index (χ0n) is 49.1. The van der Waals surface area contributed by atoms with E-state index in [-0.39, 0.29) is 98.0 Å². The molecule has 10 rings (SSSR count). The molecule has 2 aromatic carbocycles. The van der Waals surface area contributed by atoms with Crippen molar-refractivity contribution in [2.24, 2.45) is 0 Å². The highest BCUT2D eigenvalue weighted by Crippen LogP contribution is 2.39. The highest BCUT2D eigenvalue weighted by atomic mass is 35.5. The summed E-state index contributed by atoms with van der Waals surface area (Å²) in [6.45, 7) is 25.1. The first-order valence-electron chi connectivity index (χ1n) is 28.3. The molecule has 18 nitrogen and oxygen atoms in total. The molecule has 0 bridgehead atoms. The SMILES string of the molecule is C=CC(=O)N1CC(C)N(c2nc(=O)n(-c3c(C(C)C)cnnc3C(C)C)c3nc(-c4ccccc4F)c(Cl)cc23)CC1C.CCC(=O)N1CCN(c2nc(=O)n(-c3c(C)ccnc3C(C)C)c3nc(-c4ccccc4F)c(Cl)cc23)CC1CC#N. The number of anilines is 2. The minimum absolute atomic E-state index is 0.000638. The second-order valence-electron chi connectivity index (χ2n) is 22.3. The Morgan fingerprint density at radius 2 is 1.31 bits per heavy atom. The molecule has 22 heteroatoms. The van der Waals surface area contributed by atoms with E-state index in [9.17, 15) is 28.8 Å². The van der Waals surface area contributed by atoms with Crippen LogP contribution in [0.4, 0.5) is 20.4 Å². The van der Waals surface area contributed by atoms with Crippen LogP contribution in [0.3, 0.4) is 0 Å². The summed E-state index contributed by atoms with van der Waals surface area (Å²) in [6, 6.07) is 19.1. The summed E-state index contributed by atoms with van der Waals surface area (Å²) in [5.74, 6) is -0.510. The molecule has 85 heavy (non-hydrogen) atoms. The number of rotatable bonds is 12. The number of halogens is 4. The van der Waals surface area contributed by atoms with Gasteiger partial charge in [-0.1, -0.05) is 103 Å². The molecular formula is C63H66Cl2F2N14O4. The third-order valence-electron chi connectivity index (χ3n) is 15.5. The lowest BCUT2D eigenvalue weighted by atomic mass is 9.98. The summed E-state index contributed by atoms with van der Waals surface area (Å²) >= 11 is 13.6. The Kier molecular flexibility index (Phi) is 18.2. The van der Waals surface area contributed by atoms with Crippen LogP contribution >= 0.6 is 23.2 Å². The lowest BCUT2D eigenvalue weighted by Gasteiger charge is -2.44. The van der Waals surface area contributed by atoms with Crippen molar-refractivity contribution in [3.63, 3.8) is 0 Å². The van der Waals surface area contributed by atoms with E-state index in [1.54, 1.807) is 77.6 Å². The van der Waals surface area contributed by atoms with Gasteiger partial charge in [0, 0.05) is 74.1 Å². The molecule has 0 N–H and O–H groups in total. The zero-order valence-corrected chi connectivity index (χ0v) is 50.6. The molecule has 2 aliphatic heterocycles. The van der Waals surface area contributed by atoms with Crippen LogP contribution in [-0.2, 0) is 9.59 Å². The minimum atomic E-state index is -0.575. The molecule has 8 heterocycles. The van der Waals surface area contributed by atoms with E-state index in [2.05, 4.69) is 37.8 Å². The summed E-state index contributed by atoms with van der Waals surface area (Å²) in [7, 11) is 0. The maximum absolute atomic E-state index is 15.0. The smallest absolute Gasteiger partial charge is 0.352 e. The Hall–Kier alpha value is -8.54. The van der Waals surface area contributed by atoms with Gasteiger partial charge in [0.05, 0.1) is 79.7 Å². The Morgan fingerprint density at radius 1 is 0.741 bits per heavy atom. The largest absolute Gasteiger partial charge is 0.355 e. The molecule has 2 amide bonds. The van der Waals surface area contributed by atoms with E-state index in [0.29, 0.717) is 84.3 Å². The monoisotopic (exact) mass is 1190 g/mol. The predicted molar refractivity (Wildman–Crippen MR) is 328 cm³/mol. The van der Waals surface area contributed by atoms with Gasteiger partial charge < -0.3 is 19.6 Å². The maximum atomic E-state index is 15.0. The molecule has 2 saturated heterocycles. The van der Waals surface area contributed by atoms with Gasteiger partial charge >= 0.3 is 11.4 Å². The molecule has 3 atom stereocenters. The van der Waals surface area contributed by atoms with Crippen LogP contribution in [0, 0.1) is 29.9 Å². The fourth-order valence-electron chi connectivity index (χ4n) is 11.2. The number of pyridine rings is 3. The van der Waals surface area contributed by atoms with Gasteiger partial charge in [0.1, 0.15) is 23.3 Å². The van der Waals surface area contributed by atoms with Gasteiger partial charge in [0.2, 0.25) is 11.8 Å². The highest BCUT2D eigenvalue weighted by Gasteiger charge is 2.36. The van der Waals surface area contributed by atoms with Gasteiger partial charge in [-0.05, 0) is 92.6 Å². The third kappa shape index (κ3) is 11.8. The van der Waals surface area contributed by atoms with Crippen molar-refractivity contribution < 1.29 is 18.4 Å². The maximum Gasteiger partial charge on any atom is 0.355 e. The summed E-state index contributed by atoms with van der Waals surface area (Å²) in [5, 5.41) is 19.5. The number of nitriles is 1. The molecule has 2 aliphatic rings. The number of carbonyl (C=O) groups excluding carboxylic acids is 2. The van der Waals surface area contributed by atoms with Crippen LogP contribution in [0.25, 0.3) is 56.0 Å². The van der Waals surface area contributed by atoms with Crippen molar-refractivity contribution >= 4 is 68.7 Å². The molecular weight excluding hydrogens is 1130 g/mol. The number of amides is 2. The van der Waals surface area contributed by atoms with Crippen molar-refractivity contribution in [2.75, 3.05) is 42.5 Å². The Balaban J connectivity index is 0.000000204. The van der Waals surface area contributed by atoms with E-state index in [4.69, 9.17) is 33.2 Å². The second-order valence-corrected chi connectivity index (χ2v) is 23.1. The van der Waals surface area contributed by atoms with E-state index in [1.807, 2.05) is 78.2 Å². The van der Waals surface area contributed by atoms with Gasteiger partial charge in [-0.2, -0.15) is 25.4 Å². The molecule has 0 saturated carbocycles. The third-order valence-corrected chi connectivity index (χ3v) is 16.1. The summed E-state index contributed by atoms with van der Waals surface area (Å²) in [5.41, 5.74) is 4.27. The van der Waals surface area contributed by atoms with Crippen LogP contribution in [-0.4, -0.2) is 117 Å². The minimum Gasteiger partial charge on any atom is -0.352 e. The van der Waals surface area contributed by atoms with Crippen molar-refractivity contribution in [1.82, 2.24) is 54.1 Å². The number of nitrogens with zero attached hydrogens (tertiary/aromatic N) is 14. The van der Waals surface area contributed by atoms with Gasteiger partial charge in [-0.15, -0.1) is 0 Å². The van der Waals surface area contributed by atoms with Crippen LogP contribution in [0.15, 0.2) is 101 Å². The topological polar surface area (TPSA) is 205 Å². The molecule has 2 fully saturated rings. The first kappa shape index (κ1) is 61.0. The first-order valence-corrected chi connectivity index (χ1v) is 29.0. The van der Waals surface area contributed by atoms with Crippen molar-refractivity contribution in [3.8, 4) is 40.0 Å². The van der Waals surface area contributed by atoms with Crippen molar-refractivity contribution in [3.05, 3.63) is 157 Å². The van der Waals surface area contributed by atoms with E-state index < -0.39 is 23.0 Å². The van der Waals surface area contributed by atoms with Gasteiger partial charge in [-0.25, -0.2) is 37.5 Å². The number of hydrogen-bond donors (Lipinski definition) is 0. The second kappa shape index (κ2) is 25.4. The van der Waals surface area contributed by atoms with Gasteiger partial charge in [0.25, 0.3) is 0 Å². The van der Waals surface area contributed by atoms with Gasteiger partial charge in [-0.3, -0.25) is 14.6 Å². The number of piperazine rings is 2. The molecule has 6 aromatic heterocycles. The van der Waals surface area contributed by atoms with E-state index in [0.717, 1.165) is 11.1 Å². The first-order chi connectivity index (χ1) is 40.6. The molecule has 0 radical (unpaired) electrons. The predicted octanol–water partition coefficient (Wildman–Crippen LogP) is 11.3. The van der Waals surface area contributed by atoms with Crippen molar-refractivity contribution in [2.45, 2.75) is 118 Å². The summed E-state index contributed by atoms with van der Waals surface area (Å²) < 4.78 is 32.9. The normalized spacial score (nSPS) is 16.3. The molecule has 0 aliphatic carbocycles. The zero-order chi connectivity index (χ0) is 61.3. The molecule has 8 aromatic rings. The van der Waals surface area contributed by atoms with Crippen LogP contribution < -0.4 is 21.2 Å². The van der Waals surface area contributed by atoms with Gasteiger partial charge in [0.15, 0.2) is 11.3 Å². The number of benzene rings is 2. The van der Waals surface area contributed by atoms with Crippen LogP contribution in [0.1, 0.15) is 115 Å². The standard InChI is InChI=1S/C32H35ClFN7O2.C31H31ClFN7O2/c1-8-26(42)39-15-20(7)40(16-19(39)6)30-22-13-24(33)28(21-11-9-10-12-25(21)34)36-31(22)41(32(43)37-30)29-23(17(2)3)14-35-38-27(29)18(4)5;1-5-25(41)39-15-14-38(17-20(39)10-12-34)29-22-16-23(32)27(21-8-6-7-9-24(21)33)36-30(22)40(31(42)37-29)28-19(4)11-13-35-26(28)18(2)3/h8-14,17-20H,1,15-16H2,2-7H3;6-9,11,13,16,18,20H,5,10,14-15,17H2,1-4H3. The summed E-state index contributed by atoms with van der Waals surface area (Å²) in [6.07, 6.45) is 5.14. The van der Waals surface area contributed by atoms with E-state index >= 15 is 4.39 Å². The number of aryl methyl sites for hydroxylation is 1. The molecule has 3 unspecified atom stereocenters. The molecule has 0 spiro atoms. The Bertz CT molecular complexity index is 4060. The lowest BCUT2D eigenvalue weighted by Crippen LogP contribution is -2.58. The number of fused-ring (bicyclic) bond motifs is 2. The fraction of sp³-hybridized carbons (Fsp3) is 0.365. The summed E-state index contributed by atoms with van der Waals surface area (Å²) in [4.78, 5) is 84.1. The van der Waals surface area contributed by atoms with Crippen LogP contribution in [0.2, 0.25) is 10.0 Å². The number of aromatic nitrogens is 9. The van der Waals surface area contributed by atoms with Crippen LogP contribution in [0.5, 0.6) is 0 Å². The van der Waals surface area contributed by atoms with E-state index in [1.165, 1.54) is 27.3 Å². The highest BCUT2D eigenvalue weighted by molar-refractivity contribution is 6.34. The average Bonchev–Trinajstić information content (AvgIpc) is 1.17. The van der Waals surface area contributed by atoms with Crippen molar-refractivity contribution in [1.29, 1.82) is 5.26 Å². The molecule has 440 valence electrons. The number of carbonyl (C=O) groups is 2.